The third kappa shape index (κ3) is 4.52. The molecule has 2 rings (SSSR count). The molecule has 1 heterocycles. The Morgan fingerprint density at radius 1 is 1.30 bits per heavy atom. The lowest BCUT2D eigenvalue weighted by Gasteiger charge is -2.00. The number of halogens is 2. The first-order chi connectivity index (χ1) is 9.70. The van der Waals surface area contributed by atoms with E-state index < -0.39 is 0 Å². The van der Waals surface area contributed by atoms with Gasteiger partial charge in [0.2, 0.25) is 0 Å². The zero-order valence-corrected chi connectivity index (χ0v) is 14.5. The minimum atomic E-state index is 0.712. The molecule has 0 fully saturated rings. The largest absolute Gasteiger partial charge is 0.317 e. The molecule has 108 valence electrons. The molecule has 0 atom stereocenters. The molecule has 1 aromatic heterocycles. The van der Waals surface area contributed by atoms with Crippen LogP contribution in [0.25, 0.3) is 10.6 Å². The Kier molecular flexibility index (Phi) is 6.42. The van der Waals surface area contributed by atoms with Crippen molar-refractivity contribution in [2.24, 2.45) is 0 Å². The average molecular weight is 375 g/mol. The monoisotopic (exact) mass is 373 g/mol. The molecule has 3 nitrogen and oxygen atoms in total. The van der Waals surface area contributed by atoms with Crippen molar-refractivity contribution in [2.45, 2.75) is 26.2 Å². The summed E-state index contributed by atoms with van der Waals surface area (Å²) in [6.45, 7) is 4.29. The maximum absolute atomic E-state index is 6.03. The summed E-state index contributed by atoms with van der Waals surface area (Å²) < 4.78 is 0.995. The van der Waals surface area contributed by atoms with E-state index in [0.717, 1.165) is 46.0 Å². The fraction of sp³-hybridized carbons (Fsp3) is 0.429. The highest BCUT2D eigenvalue weighted by molar-refractivity contribution is 9.10. The molecule has 6 heteroatoms. The summed E-state index contributed by atoms with van der Waals surface area (Å²) in [5, 5.41) is 14.6. The zero-order valence-electron chi connectivity index (χ0n) is 11.3. The summed E-state index contributed by atoms with van der Waals surface area (Å²) in [4.78, 5) is 0. The predicted octanol–water partition coefficient (Wildman–Crippen LogP) is 4.55. The fourth-order valence-electron chi connectivity index (χ4n) is 1.79. The van der Waals surface area contributed by atoms with Crippen molar-refractivity contribution in [1.82, 2.24) is 15.5 Å². The number of nitrogens with zero attached hydrogens (tertiary/aromatic N) is 2. The van der Waals surface area contributed by atoms with Gasteiger partial charge in [-0.15, -0.1) is 10.2 Å². The fourth-order valence-corrected chi connectivity index (χ4v) is 3.44. The molecule has 0 unspecified atom stereocenters. The molecule has 0 aliphatic heterocycles. The maximum Gasteiger partial charge on any atom is 0.148 e. The number of nitrogens with one attached hydrogen (secondary N) is 1. The molecule has 0 radical (unpaired) electrons. The molecule has 1 N–H and O–H groups in total. The van der Waals surface area contributed by atoms with Crippen LogP contribution in [0.4, 0.5) is 0 Å². The normalized spacial score (nSPS) is 10.9. The van der Waals surface area contributed by atoms with Crippen LogP contribution in [0.2, 0.25) is 5.02 Å². The third-order valence-electron chi connectivity index (χ3n) is 2.80. The van der Waals surface area contributed by atoms with E-state index in [2.05, 4.69) is 38.4 Å². The van der Waals surface area contributed by atoms with E-state index in [1.165, 1.54) is 6.42 Å². The first kappa shape index (κ1) is 15.9. The zero-order chi connectivity index (χ0) is 14.4. The van der Waals surface area contributed by atoms with E-state index in [4.69, 9.17) is 11.6 Å². The second-order valence-electron chi connectivity index (χ2n) is 4.48. The van der Waals surface area contributed by atoms with Crippen LogP contribution in [0.3, 0.4) is 0 Å². The number of hydrogen-bond donors (Lipinski definition) is 1. The van der Waals surface area contributed by atoms with Gasteiger partial charge in [-0.05, 0) is 44.1 Å². The maximum atomic E-state index is 6.03. The van der Waals surface area contributed by atoms with Crippen molar-refractivity contribution in [3.8, 4) is 10.6 Å². The van der Waals surface area contributed by atoms with Crippen molar-refractivity contribution in [2.75, 3.05) is 13.1 Å². The summed E-state index contributed by atoms with van der Waals surface area (Å²) in [5.74, 6) is 0. The lowest BCUT2D eigenvalue weighted by atomic mass is 10.2. The van der Waals surface area contributed by atoms with E-state index in [9.17, 15) is 0 Å². The van der Waals surface area contributed by atoms with Gasteiger partial charge in [0.1, 0.15) is 10.0 Å². The third-order valence-corrected chi connectivity index (χ3v) is 4.74. The number of rotatable bonds is 7. The van der Waals surface area contributed by atoms with Gasteiger partial charge in [0.15, 0.2) is 0 Å². The van der Waals surface area contributed by atoms with Crippen LogP contribution in [0.1, 0.15) is 24.8 Å². The van der Waals surface area contributed by atoms with E-state index in [1.54, 1.807) is 11.3 Å². The lowest BCUT2D eigenvalue weighted by Crippen LogP contribution is -2.16. The minimum absolute atomic E-state index is 0.712. The van der Waals surface area contributed by atoms with Crippen molar-refractivity contribution in [3.05, 3.63) is 32.7 Å². The first-order valence-corrected chi connectivity index (χ1v) is 8.68. The Bertz CT molecular complexity index is 559. The summed E-state index contributed by atoms with van der Waals surface area (Å²) in [6.07, 6.45) is 3.23. The van der Waals surface area contributed by atoms with Crippen LogP contribution in [0.15, 0.2) is 22.7 Å². The molecular formula is C14H17BrClN3S. The molecule has 0 saturated carbocycles. The van der Waals surface area contributed by atoms with E-state index in [1.807, 2.05) is 18.2 Å². The lowest BCUT2D eigenvalue weighted by molar-refractivity contribution is 0.637. The van der Waals surface area contributed by atoms with E-state index >= 15 is 0 Å². The van der Waals surface area contributed by atoms with Crippen molar-refractivity contribution in [1.29, 1.82) is 0 Å². The number of aryl methyl sites for hydroxylation is 1. The molecule has 0 aliphatic carbocycles. The van der Waals surface area contributed by atoms with Crippen molar-refractivity contribution >= 4 is 38.9 Å². The van der Waals surface area contributed by atoms with Gasteiger partial charge in [-0.25, -0.2) is 0 Å². The molecule has 0 amide bonds. The van der Waals surface area contributed by atoms with E-state index in [-0.39, 0.29) is 0 Å². The van der Waals surface area contributed by atoms with Gasteiger partial charge in [0.05, 0.1) is 0 Å². The SMILES string of the molecule is CCCNCCCc1nnc(-c2cc(Cl)ccc2Br)s1. The minimum Gasteiger partial charge on any atom is -0.317 e. The molecule has 0 saturated heterocycles. The molecular weight excluding hydrogens is 358 g/mol. The average Bonchev–Trinajstić information content (AvgIpc) is 2.90. The number of benzene rings is 1. The summed E-state index contributed by atoms with van der Waals surface area (Å²) in [5.41, 5.74) is 1.00. The van der Waals surface area contributed by atoms with Crippen LogP contribution in [0, 0.1) is 0 Å². The van der Waals surface area contributed by atoms with Gasteiger partial charge in [-0.3, -0.25) is 0 Å². The molecule has 0 aliphatic rings. The Morgan fingerprint density at radius 2 is 2.15 bits per heavy atom. The Balaban J connectivity index is 1.96. The van der Waals surface area contributed by atoms with Gasteiger partial charge < -0.3 is 5.32 Å². The Morgan fingerprint density at radius 3 is 2.95 bits per heavy atom. The van der Waals surface area contributed by atoms with Crippen LogP contribution >= 0.6 is 38.9 Å². The van der Waals surface area contributed by atoms with Gasteiger partial charge in [0, 0.05) is 21.5 Å². The van der Waals surface area contributed by atoms with Gasteiger partial charge >= 0.3 is 0 Å². The van der Waals surface area contributed by atoms with E-state index in [0.29, 0.717) is 5.02 Å². The Labute approximate surface area is 136 Å². The van der Waals surface area contributed by atoms with Crippen LogP contribution in [-0.4, -0.2) is 23.3 Å². The highest BCUT2D eigenvalue weighted by atomic mass is 79.9. The predicted molar refractivity (Wildman–Crippen MR) is 89.5 cm³/mol. The van der Waals surface area contributed by atoms with Crippen LogP contribution in [-0.2, 0) is 6.42 Å². The highest BCUT2D eigenvalue weighted by Crippen LogP contribution is 2.32. The second-order valence-corrected chi connectivity index (χ2v) is 6.83. The first-order valence-electron chi connectivity index (χ1n) is 6.69. The van der Waals surface area contributed by atoms with Gasteiger partial charge in [-0.2, -0.15) is 0 Å². The topological polar surface area (TPSA) is 37.8 Å². The summed E-state index contributed by atoms with van der Waals surface area (Å²) in [6, 6.07) is 5.71. The molecule has 0 spiro atoms. The molecule has 20 heavy (non-hydrogen) atoms. The highest BCUT2D eigenvalue weighted by Gasteiger charge is 2.10. The quantitative estimate of drug-likeness (QED) is 0.722. The standard InChI is InChI=1S/C14H17BrClN3S/c1-2-7-17-8-3-4-13-18-19-14(20-13)11-9-10(16)5-6-12(11)15/h5-6,9,17H,2-4,7-8H2,1H3. The van der Waals surface area contributed by atoms with Crippen LogP contribution < -0.4 is 5.32 Å². The number of hydrogen-bond acceptors (Lipinski definition) is 4. The molecule has 2 aromatic rings. The van der Waals surface area contributed by atoms with Crippen molar-refractivity contribution < 1.29 is 0 Å². The van der Waals surface area contributed by atoms with Gasteiger partial charge in [0.25, 0.3) is 0 Å². The van der Waals surface area contributed by atoms with Crippen LogP contribution in [0.5, 0.6) is 0 Å². The summed E-state index contributed by atoms with van der Waals surface area (Å²) in [7, 11) is 0. The Hall–Kier alpha value is -0.490. The second kappa shape index (κ2) is 8.08. The van der Waals surface area contributed by atoms with Crippen molar-refractivity contribution in [3.63, 3.8) is 0 Å². The molecule has 0 bridgehead atoms. The molecule has 1 aromatic carbocycles. The van der Waals surface area contributed by atoms with Gasteiger partial charge in [-0.1, -0.05) is 45.8 Å². The number of aromatic nitrogens is 2. The smallest absolute Gasteiger partial charge is 0.148 e. The summed E-state index contributed by atoms with van der Waals surface area (Å²) >= 11 is 11.2.